The Hall–Kier alpha value is -0.240. The monoisotopic (exact) mass is 457 g/mol. The third-order valence-corrected chi connectivity index (χ3v) is 4.24. The van der Waals surface area contributed by atoms with Crippen molar-refractivity contribution in [3.63, 3.8) is 0 Å². The highest BCUT2D eigenvalue weighted by Crippen LogP contribution is 2.26. The molecule has 0 aromatic heterocycles. The average molecular weight is 458 g/mol. The first kappa shape index (κ1) is 19.8. The van der Waals surface area contributed by atoms with Crippen molar-refractivity contribution in [2.75, 3.05) is 13.2 Å². The highest BCUT2D eigenvalue weighted by Gasteiger charge is 2.29. The van der Waals surface area contributed by atoms with Gasteiger partial charge in [-0.25, -0.2) is 0 Å². The predicted octanol–water partition coefficient (Wildman–Crippen LogP) is 4.15. The van der Waals surface area contributed by atoms with Gasteiger partial charge in [0.05, 0.1) is 18.2 Å². The summed E-state index contributed by atoms with van der Waals surface area (Å²) in [6.45, 7) is 5.41. The van der Waals surface area contributed by atoms with Crippen LogP contribution in [0.5, 0.6) is 0 Å². The number of rotatable bonds is 4. The largest absolute Gasteiger partial charge is 0.373 e. The van der Waals surface area contributed by atoms with Crippen LogP contribution in [0.25, 0.3) is 0 Å². The SMILES string of the molecule is CC(NC(N)=NCC1(C)CCCO1)c1ccc(Cl)cc1Cl.I. The fourth-order valence-electron chi connectivity index (χ4n) is 2.41. The topological polar surface area (TPSA) is 59.6 Å². The molecule has 0 amide bonds. The number of nitrogens with one attached hydrogen (secondary N) is 1. The molecular formula is C15H22Cl2IN3O. The van der Waals surface area contributed by atoms with Crippen LogP contribution in [0, 0.1) is 0 Å². The molecule has 1 aromatic carbocycles. The van der Waals surface area contributed by atoms with Gasteiger partial charge < -0.3 is 15.8 Å². The molecule has 1 saturated heterocycles. The van der Waals surface area contributed by atoms with Crippen molar-refractivity contribution < 1.29 is 4.74 Å². The lowest BCUT2D eigenvalue weighted by Gasteiger charge is -2.21. The number of nitrogens with zero attached hydrogens (tertiary/aromatic N) is 1. The molecule has 7 heteroatoms. The fraction of sp³-hybridized carbons (Fsp3) is 0.533. The van der Waals surface area contributed by atoms with Crippen LogP contribution in [0.2, 0.25) is 10.0 Å². The summed E-state index contributed by atoms with van der Waals surface area (Å²) in [5.41, 5.74) is 6.69. The van der Waals surface area contributed by atoms with E-state index in [0.717, 1.165) is 25.0 Å². The molecule has 0 aliphatic carbocycles. The lowest BCUT2D eigenvalue weighted by molar-refractivity contribution is 0.0284. The molecular weight excluding hydrogens is 436 g/mol. The Balaban J connectivity index is 0.00000242. The molecule has 3 N–H and O–H groups in total. The van der Waals surface area contributed by atoms with E-state index in [1.54, 1.807) is 6.07 Å². The number of guanidine groups is 1. The third-order valence-electron chi connectivity index (χ3n) is 3.68. The number of aliphatic imine (C=N–C) groups is 1. The first-order valence-electron chi connectivity index (χ1n) is 7.05. The number of hydrogen-bond donors (Lipinski definition) is 2. The van der Waals surface area contributed by atoms with Gasteiger partial charge in [-0.1, -0.05) is 29.3 Å². The lowest BCUT2D eigenvalue weighted by Crippen LogP contribution is -2.36. The minimum absolute atomic E-state index is 0. The molecule has 0 saturated carbocycles. The molecule has 22 heavy (non-hydrogen) atoms. The maximum absolute atomic E-state index is 6.19. The summed E-state index contributed by atoms with van der Waals surface area (Å²) in [5.74, 6) is 0.394. The van der Waals surface area contributed by atoms with Crippen molar-refractivity contribution in [1.29, 1.82) is 0 Å². The fourth-order valence-corrected chi connectivity index (χ4v) is 2.98. The highest BCUT2D eigenvalue weighted by molar-refractivity contribution is 14.0. The predicted molar refractivity (Wildman–Crippen MR) is 104 cm³/mol. The summed E-state index contributed by atoms with van der Waals surface area (Å²) in [5, 5.41) is 4.37. The average Bonchev–Trinajstić information content (AvgIpc) is 2.84. The van der Waals surface area contributed by atoms with E-state index < -0.39 is 0 Å². The van der Waals surface area contributed by atoms with Gasteiger partial charge in [-0.15, -0.1) is 24.0 Å². The lowest BCUT2D eigenvalue weighted by atomic mass is 10.0. The molecule has 2 unspecified atom stereocenters. The molecule has 0 spiro atoms. The van der Waals surface area contributed by atoms with Gasteiger partial charge in [-0.05, 0) is 44.4 Å². The van der Waals surface area contributed by atoms with Gasteiger partial charge in [-0.3, -0.25) is 4.99 Å². The van der Waals surface area contributed by atoms with Crippen LogP contribution in [0.4, 0.5) is 0 Å². The third kappa shape index (κ3) is 5.44. The van der Waals surface area contributed by atoms with Gasteiger partial charge in [0.15, 0.2) is 5.96 Å². The minimum atomic E-state index is -0.187. The first-order chi connectivity index (χ1) is 9.89. The second-order valence-electron chi connectivity index (χ2n) is 5.64. The maximum Gasteiger partial charge on any atom is 0.189 e. The molecule has 0 bridgehead atoms. The highest BCUT2D eigenvalue weighted by atomic mass is 127. The van der Waals surface area contributed by atoms with E-state index in [0.29, 0.717) is 22.5 Å². The van der Waals surface area contributed by atoms with Crippen molar-refractivity contribution in [3.8, 4) is 0 Å². The molecule has 1 aliphatic heterocycles. The maximum atomic E-state index is 6.19. The van der Waals surface area contributed by atoms with E-state index in [1.807, 2.05) is 19.1 Å². The van der Waals surface area contributed by atoms with Crippen LogP contribution < -0.4 is 11.1 Å². The molecule has 124 valence electrons. The molecule has 1 fully saturated rings. The van der Waals surface area contributed by atoms with Gasteiger partial charge >= 0.3 is 0 Å². The zero-order valence-corrected chi connectivity index (χ0v) is 16.6. The molecule has 2 rings (SSSR count). The van der Waals surface area contributed by atoms with Crippen molar-refractivity contribution in [2.24, 2.45) is 10.7 Å². The summed E-state index contributed by atoms with van der Waals surface area (Å²) in [7, 11) is 0. The number of ether oxygens (including phenoxy) is 1. The van der Waals surface area contributed by atoms with Crippen molar-refractivity contribution in [1.82, 2.24) is 5.32 Å². The van der Waals surface area contributed by atoms with Crippen LogP contribution in [-0.4, -0.2) is 24.7 Å². The van der Waals surface area contributed by atoms with Crippen LogP contribution in [-0.2, 0) is 4.74 Å². The van der Waals surface area contributed by atoms with Crippen LogP contribution in [0.1, 0.15) is 38.3 Å². The van der Waals surface area contributed by atoms with Crippen molar-refractivity contribution in [2.45, 2.75) is 38.3 Å². The van der Waals surface area contributed by atoms with E-state index in [9.17, 15) is 0 Å². The second kappa shape index (κ2) is 8.57. The van der Waals surface area contributed by atoms with Crippen LogP contribution >= 0.6 is 47.2 Å². The molecule has 4 nitrogen and oxygen atoms in total. The number of nitrogens with two attached hydrogens (primary N) is 1. The number of halogens is 3. The Bertz CT molecular complexity index is 534. The zero-order chi connectivity index (χ0) is 15.5. The summed E-state index contributed by atoms with van der Waals surface area (Å²) in [6, 6.07) is 5.37. The molecule has 1 heterocycles. The minimum Gasteiger partial charge on any atom is -0.373 e. The molecule has 1 aromatic rings. The zero-order valence-electron chi connectivity index (χ0n) is 12.7. The van der Waals surface area contributed by atoms with Gasteiger partial charge in [0, 0.05) is 16.7 Å². The molecule has 0 radical (unpaired) electrons. The van der Waals surface area contributed by atoms with E-state index in [-0.39, 0.29) is 35.6 Å². The molecule has 1 aliphatic rings. The summed E-state index contributed by atoms with van der Waals surface area (Å²) >= 11 is 12.1. The second-order valence-corrected chi connectivity index (χ2v) is 6.48. The molecule has 2 atom stereocenters. The Kier molecular flexibility index (Phi) is 7.71. The van der Waals surface area contributed by atoms with E-state index in [1.165, 1.54) is 0 Å². The Morgan fingerprint density at radius 3 is 2.82 bits per heavy atom. The summed E-state index contributed by atoms with van der Waals surface area (Å²) in [6.07, 6.45) is 2.10. The Morgan fingerprint density at radius 2 is 2.23 bits per heavy atom. The van der Waals surface area contributed by atoms with E-state index in [2.05, 4.69) is 17.2 Å². The standard InChI is InChI=1S/C15H21Cl2N3O.HI/c1-10(12-5-4-11(16)8-13(12)17)20-14(18)19-9-15(2)6-3-7-21-15;/h4-5,8,10H,3,6-7,9H2,1-2H3,(H3,18,19,20);1H. The quantitative estimate of drug-likeness (QED) is 0.405. The van der Waals surface area contributed by atoms with Crippen molar-refractivity contribution in [3.05, 3.63) is 33.8 Å². The van der Waals surface area contributed by atoms with Crippen LogP contribution in [0.15, 0.2) is 23.2 Å². The first-order valence-corrected chi connectivity index (χ1v) is 7.81. The summed E-state index contributed by atoms with van der Waals surface area (Å²) in [4.78, 5) is 4.38. The van der Waals surface area contributed by atoms with Crippen molar-refractivity contribution >= 4 is 53.1 Å². The number of hydrogen-bond acceptors (Lipinski definition) is 2. The van der Waals surface area contributed by atoms with Gasteiger partial charge in [-0.2, -0.15) is 0 Å². The smallest absolute Gasteiger partial charge is 0.189 e. The van der Waals surface area contributed by atoms with E-state index >= 15 is 0 Å². The Labute approximate surface area is 158 Å². The summed E-state index contributed by atoms with van der Waals surface area (Å²) < 4.78 is 5.69. The Morgan fingerprint density at radius 1 is 1.50 bits per heavy atom. The number of benzene rings is 1. The van der Waals surface area contributed by atoms with Gasteiger partial charge in [0.2, 0.25) is 0 Å². The normalized spacial score (nSPS) is 23.0. The van der Waals surface area contributed by atoms with E-state index in [4.69, 9.17) is 33.7 Å². The van der Waals surface area contributed by atoms with Gasteiger partial charge in [0.25, 0.3) is 0 Å². The van der Waals surface area contributed by atoms with Crippen LogP contribution in [0.3, 0.4) is 0 Å². The van der Waals surface area contributed by atoms with Gasteiger partial charge in [0.1, 0.15) is 0 Å².